The quantitative estimate of drug-likeness (QED) is 0.804. The average Bonchev–Trinajstić information content (AvgIpc) is 2.65. The molecule has 0 aliphatic carbocycles. The third-order valence-electron chi connectivity index (χ3n) is 3.36. The van der Waals surface area contributed by atoms with Gasteiger partial charge in [0.2, 0.25) is 0 Å². The van der Waals surface area contributed by atoms with E-state index in [0.29, 0.717) is 0 Å². The predicted molar refractivity (Wildman–Crippen MR) is 68.2 cm³/mol. The van der Waals surface area contributed by atoms with Crippen molar-refractivity contribution >= 4 is 11.5 Å². The molecule has 2 aromatic carbocycles. The molecule has 1 aliphatic rings. The predicted octanol–water partition coefficient (Wildman–Crippen LogP) is 3.21. The van der Waals surface area contributed by atoms with E-state index in [1.165, 1.54) is 0 Å². The highest BCUT2D eigenvalue weighted by atomic mass is 16.1. The van der Waals surface area contributed by atoms with Gasteiger partial charge in [0.15, 0.2) is 5.78 Å². The van der Waals surface area contributed by atoms with Gasteiger partial charge >= 0.3 is 0 Å². The van der Waals surface area contributed by atoms with E-state index in [2.05, 4.69) is 5.32 Å². The van der Waals surface area contributed by atoms with E-state index in [9.17, 15) is 4.79 Å². The molecule has 84 valence electrons. The van der Waals surface area contributed by atoms with Crippen LogP contribution in [-0.4, -0.2) is 5.78 Å². The third-order valence-corrected chi connectivity index (χ3v) is 3.36. The highest BCUT2D eigenvalue weighted by molar-refractivity contribution is 6.13. The molecule has 17 heavy (non-hydrogen) atoms. The number of benzene rings is 2. The molecule has 2 heteroatoms. The molecule has 1 heterocycles. The molecular weight excluding hydrogens is 210 g/mol. The van der Waals surface area contributed by atoms with Gasteiger partial charge in [0.05, 0.1) is 0 Å². The summed E-state index contributed by atoms with van der Waals surface area (Å²) in [5, 5.41) is 3.33. The zero-order valence-electron chi connectivity index (χ0n) is 9.60. The Kier molecular flexibility index (Phi) is 2.05. The van der Waals surface area contributed by atoms with Gasteiger partial charge < -0.3 is 5.32 Å². The number of anilines is 1. The lowest BCUT2D eigenvalue weighted by Gasteiger charge is -2.23. The minimum Gasteiger partial charge on any atom is -0.369 e. The fourth-order valence-corrected chi connectivity index (χ4v) is 2.36. The fraction of sp³-hybridized carbons (Fsp3) is 0.133. The Hall–Kier alpha value is -2.09. The molecule has 0 saturated heterocycles. The maximum Gasteiger partial charge on any atom is 0.194 e. The van der Waals surface area contributed by atoms with Gasteiger partial charge in [0, 0.05) is 11.3 Å². The van der Waals surface area contributed by atoms with Crippen LogP contribution in [0.5, 0.6) is 0 Å². The van der Waals surface area contributed by atoms with Crippen molar-refractivity contribution in [1.82, 2.24) is 0 Å². The minimum atomic E-state index is -0.634. The molecule has 0 fully saturated rings. The first kappa shape index (κ1) is 10.1. The first-order chi connectivity index (χ1) is 8.22. The van der Waals surface area contributed by atoms with Crippen molar-refractivity contribution in [2.24, 2.45) is 0 Å². The van der Waals surface area contributed by atoms with Crippen LogP contribution in [0.2, 0.25) is 0 Å². The van der Waals surface area contributed by atoms with Crippen molar-refractivity contribution in [3.8, 4) is 0 Å². The van der Waals surface area contributed by atoms with E-state index in [0.717, 1.165) is 16.8 Å². The minimum absolute atomic E-state index is 0.138. The second-order valence-corrected chi connectivity index (χ2v) is 4.49. The number of fused-ring (bicyclic) bond motifs is 1. The van der Waals surface area contributed by atoms with Crippen molar-refractivity contribution in [3.05, 3.63) is 65.7 Å². The lowest BCUT2D eigenvalue weighted by Crippen LogP contribution is -2.34. The SMILES string of the molecule is C[C@]1(c2ccccc2)Nc2ccccc2C1=O. The molecule has 1 atom stereocenters. The van der Waals surface area contributed by atoms with Gasteiger partial charge in [-0.2, -0.15) is 0 Å². The summed E-state index contributed by atoms with van der Waals surface area (Å²) in [6, 6.07) is 17.5. The second-order valence-electron chi connectivity index (χ2n) is 4.49. The number of carbonyl (C=O) groups excluding carboxylic acids is 1. The van der Waals surface area contributed by atoms with E-state index in [-0.39, 0.29) is 5.78 Å². The van der Waals surface area contributed by atoms with Gasteiger partial charge in [0.25, 0.3) is 0 Å². The summed E-state index contributed by atoms with van der Waals surface area (Å²) in [6.45, 7) is 1.94. The highest BCUT2D eigenvalue weighted by Gasteiger charge is 2.42. The number of carbonyl (C=O) groups is 1. The van der Waals surface area contributed by atoms with Crippen LogP contribution in [0.3, 0.4) is 0 Å². The number of hydrogen-bond donors (Lipinski definition) is 1. The van der Waals surface area contributed by atoms with Gasteiger partial charge in [-0.1, -0.05) is 42.5 Å². The summed E-state index contributed by atoms with van der Waals surface area (Å²) in [7, 11) is 0. The van der Waals surface area contributed by atoms with Crippen LogP contribution in [0, 0.1) is 0 Å². The van der Waals surface area contributed by atoms with Crippen LogP contribution in [-0.2, 0) is 5.54 Å². The second kappa shape index (κ2) is 3.45. The Bertz CT molecular complexity index is 576. The van der Waals surface area contributed by atoms with E-state index in [1.54, 1.807) is 0 Å². The summed E-state index contributed by atoms with van der Waals surface area (Å²) in [5.74, 6) is 0.138. The fourth-order valence-electron chi connectivity index (χ4n) is 2.36. The molecular formula is C15H13NO. The maximum atomic E-state index is 12.5. The lowest BCUT2D eigenvalue weighted by atomic mass is 9.88. The Morgan fingerprint density at radius 1 is 0.941 bits per heavy atom. The summed E-state index contributed by atoms with van der Waals surface area (Å²) in [5.41, 5.74) is 2.06. The smallest absolute Gasteiger partial charge is 0.194 e. The Balaban J connectivity index is 2.12. The monoisotopic (exact) mass is 223 g/mol. The number of para-hydroxylation sites is 1. The maximum absolute atomic E-state index is 12.5. The topological polar surface area (TPSA) is 29.1 Å². The van der Waals surface area contributed by atoms with Crippen molar-refractivity contribution < 1.29 is 4.79 Å². The standard InChI is InChI=1S/C15H13NO/c1-15(11-7-3-2-4-8-11)14(17)12-9-5-6-10-13(12)16-15/h2-10,16H,1H3/t15-/m1/s1. The average molecular weight is 223 g/mol. The molecule has 0 amide bonds. The third kappa shape index (κ3) is 1.37. The van der Waals surface area contributed by atoms with Gasteiger partial charge in [0.1, 0.15) is 5.54 Å². The van der Waals surface area contributed by atoms with Gasteiger partial charge in [-0.25, -0.2) is 0 Å². The van der Waals surface area contributed by atoms with Crippen molar-refractivity contribution in [3.63, 3.8) is 0 Å². The molecule has 0 spiro atoms. The molecule has 3 rings (SSSR count). The van der Waals surface area contributed by atoms with E-state index >= 15 is 0 Å². The summed E-state index contributed by atoms with van der Waals surface area (Å²) in [6.07, 6.45) is 0. The number of Topliss-reactive ketones (excluding diaryl/α,β-unsaturated/α-hetero) is 1. The molecule has 1 N–H and O–H groups in total. The van der Waals surface area contributed by atoms with Gasteiger partial charge in [-0.15, -0.1) is 0 Å². The molecule has 0 radical (unpaired) electrons. The highest BCUT2D eigenvalue weighted by Crippen LogP contribution is 2.38. The number of hydrogen-bond acceptors (Lipinski definition) is 2. The van der Waals surface area contributed by atoms with Gasteiger partial charge in [-0.3, -0.25) is 4.79 Å². The zero-order chi connectivity index (χ0) is 11.9. The van der Waals surface area contributed by atoms with Crippen LogP contribution >= 0.6 is 0 Å². The van der Waals surface area contributed by atoms with Crippen molar-refractivity contribution in [1.29, 1.82) is 0 Å². The summed E-state index contributed by atoms with van der Waals surface area (Å²) >= 11 is 0. The Morgan fingerprint density at radius 3 is 2.29 bits per heavy atom. The van der Waals surface area contributed by atoms with Crippen LogP contribution < -0.4 is 5.32 Å². The molecule has 2 aromatic rings. The molecule has 0 aromatic heterocycles. The lowest BCUT2D eigenvalue weighted by molar-refractivity contribution is 0.0928. The van der Waals surface area contributed by atoms with Crippen LogP contribution in [0.4, 0.5) is 5.69 Å². The van der Waals surface area contributed by atoms with Crippen LogP contribution in [0.25, 0.3) is 0 Å². The number of rotatable bonds is 1. The van der Waals surface area contributed by atoms with Crippen LogP contribution in [0.15, 0.2) is 54.6 Å². The normalized spacial score (nSPS) is 22.1. The van der Waals surface area contributed by atoms with Gasteiger partial charge in [-0.05, 0) is 24.6 Å². The molecule has 0 bridgehead atoms. The zero-order valence-corrected chi connectivity index (χ0v) is 9.60. The summed E-state index contributed by atoms with van der Waals surface area (Å²) < 4.78 is 0. The van der Waals surface area contributed by atoms with E-state index in [1.807, 2.05) is 61.5 Å². The molecule has 0 saturated carbocycles. The van der Waals surface area contributed by atoms with E-state index in [4.69, 9.17) is 0 Å². The largest absolute Gasteiger partial charge is 0.369 e. The van der Waals surface area contributed by atoms with E-state index < -0.39 is 5.54 Å². The molecule has 0 unspecified atom stereocenters. The Morgan fingerprint density at radius 2 is 1.59 bits per heavy atom. The Labute approximate surface area is 100 Å². The van der Waals surface area contributed by atoms with Crippen LogP contribution in [0.1, 0.15) is 22.8 Å². The first-order valence-electron chi connectivity index (χ1n) is 5.69. The molecule has 2 nitrogen and oxygen atoms in total. The van der Waals surface area contributed by atoms with Crippen molar-refractivity contribution in [2.45, 2.75) is 12.5 Å². The molecule has 1 aliphatic heterocycles. The number of ketones is 1. The first-order valence-corrected chi connectivity index (χ1v) is 5.69. The summed E-state index contributed by atoms with van der Waals surface area (Å²) in [4.78, 5) is 12.5. The number of nitrogens with one attached hydrogen (secondary N) is 1. The van der Waals surface area contributed by atoms with Crippen molar-refractivity contribution in [2.75, 3.05) is 5.32 Å².